The largest absolute Gasteiger partial charge is 0.352 e. The quantitative estimate of drug-likeness (QED) is 0.875. The van der Waals surface area contributed by atoms with E-state index in [1.165, 1.54) is 11.1 Å². The first kappa shape index (κ1) is 15.0. The first-order valence-corrected chi connectivity index (χ1v) is 6.29. The maximum Gasteiger partial charge on any atom is 0.220 e. The Morgan fingerprint density at radius 1 is 1.39 bits per heavy atom. The minimum atomic E-state index is 0. The molecule has 3 nitrogen and oxygen atoms in total. The van der Waals surface area contributed by atoms with Crippen LogP contribution in [0, 0.1) is 6.92 Å². The van der Waals surface area contributed by atoms with Crippen molar-refractivity contribution in [2.24, 2.45) is 0 Å². The van der Waals surface area contributed by atoms with Crippen LogP contribution in [-0.4, -0.2) is 25.0 Å². The van der Waals surface area contributed by atoms with Crippen LogP contribution in [0.3, 0.4) is 0 Å². The van der Waals surface area contributed by atoms with E-state index < -0.39 is 0 Å². The van der Waals surface area contributed by atoms with E-state index in [1.807, 2.05) is 0 Å². The molecule has 1 aromatic carbocycles. The van der Waals surface area contributed by atoms with Crippen LogP contribution in [0.4, 0.5) is 0 Å². The van der Waals surface area contributed by atoms with Gasteiger partial charge in [0.05, 0.1) is 0 Å². The van der Waals surface area contributed by atoms with E-state index in [4.69, 9.17) is 0 Å². The van der Waals surface area contributed by atoms with Gasteiger partial charge in [0, 0.05) is 19.0 Å². The maximum absolute atomic E-state index is 11.7. The number of carbonyl (C=O) groups excluding carboxylic acids is 1. The Morgan fingerprint density at radius 3 is 2.72 bits per heavy atom. The molecule has 0 bridgehead atoms. The molecule has 1 amide bonds. The third-order valence-corrected chi connectivity index (χ3v) is 3.19. The highest BCUT2D eigenvalue weighted by molar-refractivity contribution is 5.85. The second kappa shape index (κ2) is 7.39. The number of hydrogen-bond acceptors (Lipinski definition) is 2. The monoisotopic (exact) mass is 268 g/mol. The summed E-state index contributed by atoms with van der Waals surface area (Å²) in [6.45, 7) is 4.00. The Labute approximate surface area is 115 Å². The van der Waals surface area contributed by atoms with E-state index in [1.54, 1.807) is 0 Å². The fourth-order valence-electron chi connectivity index (χ4n) is 2.09. The molecule has 18 heavy (non-hydrogen) atoms. The van der Waals surface area contributed by atoms with Crippen molar-refractivity contribution in [3.05, 3.63) is 35.4 Å². The highest BCUT2D eigenvalue weighted by atomic mass is 35.5. The molecular formula is C14H21ClN2O. The second-order valence-corrected chi connectivity index (χ2v) is 4.74. The van der Waals surface area contributed by atoms with Crippen molar-refractivity contribution in [1.82, 2.24) is 10.6 Å². The molecule has 100 valence electrons. The SMILES string of the molecule is Cc1ccc(CCC(=O)NC2CCNC2)cc1.Cl. The minimum absolute atomic E-state index is 0. The van der Waals surface area contributed by atoms with Gasteiger partial charge in [-0.25, -0.2) is 0 Å². The summed E-state index contributed by atoms with van der Waals surface area (Å²) < 4.78 is 0. The van der Waals surface area contributed by atoms with Gasteiger partial charge in [-0.1, -0.05) is 29.8 Å². The molecule has 4 heteroatoms. The van der Waals surface area contributed by atoms with Gasteiger partial charge in [0.25, 0.3) is 0 Å². The van der Waals surface area contributed by atoms with E-state index >= 15 is 0 Å². The number of amides is 1. The number of benzene rings is 1. The molecule has 1 aliphatic heterocycles. The molecule has 0 saturated carbocycles. The summed E-state index contributed by atoms with van der Waals surface area (Å²) in [5.74, 6) is 0.166. The zero-order chi connectivity index (χ0) is 12.1. The lowest BCUT2D eigenvalue weighted by Gasteiger charge is -2.11. The number of halogens is 1. The molecule has 0 spiro atoms. The van der Waals surface area contributed by atoms with Gasteiger partial charge in [-0.05, 0) is 31.9 Å². The lowest BCUT2D eigenvalue weighted by molar-refractivity contribution is -0.121. The van der Waals surface area contributed by atoms with Crippen LogP contribution in [0.2, 0.25) is 0 Å². The molecule has 0 aliphatic carbocycles. The molecule has 1 atom stereocenters. The number of nitrogens with one attached hydrogen (secondary N) is 2. The Hall–Kier alpha value is -1.06. The average Bonchev–Trinajstić information content (AvgIpc) is 2.81. The summed E-state index contributed by atoms with van der Waals surface area (Å²) in [7, 11) is 0. The van der Waals surface area contributed by atoms with E-state index in [2.05, 4.69) is 41.8 Å². The van der Waals surface area contributed by atoms with Crippen LogP contribution in [0.25, 0.3) is 0 Å². The Bertz CT molecular complexity index is 372. The molecule has 0 aromatic heterocycles. The molecule has 1 unspecified atom stereocenters. The molecule has 0 radical (unpaired) electrons. The zero-order valence-corrected chi connectivity index (χ0v) is 11.6. The van der Waals surface area contributed by atoms with Crippen molar-refractivity contribution in [3.63, 3.8) is 0 Å². The van der Waals surface area contributed by atoms with Crippen LogP contribution >= 0.6 is 12.4 Å². The van der Waals surface area contributed by atoms with E-state index in [9.17, 15) is 4.79 Å². The van der Waals surface area contributed by atoms with Crippen LogP contribution in [0.1, 0.15) is 24.0 Å². The first-order chi connectivity index (χ1) is 8.24. The van der Waals surface area contributed by atoms with Crippen molar-refractivity contribution >= 4 is 18.3 Å². The van der Waals surface area contributed by atoms with Gasteiger partial charge in [0.15, 0.2) is 0 Å². The normalized spacial score (nSPS) is 18.2. The Balaban J connectivity index is 0.00000162. The van der Waals surface area contributed by atoms with Gasteiger partial charge < -0.3 is 10.6 Å². The summed E-state index contributed by atoms with van der Waals surface area (Å²) >= 11 is 0. The minimum Gasteiger partial charge on any atom is -0.352 e. The van der Waals surface area contributed by atoms with Crippen molar-refractivity contribution in [3.8, 4) is 0 Å². The third kappa shape index (κ3) is 4.67. The van der Waals surface area contributed by atoms with E-state index in [0.717, 1.165) is 25.9 Å². The number of aryl methyl sites for hydroxylation is 2. The van der Waals surface area contributed by atoms with E-state index in [-0.39, 0.29) is 18.3 Å². The third-order valence-electron chi connectivity index (χ3n) is 3.19. The average molecular weight is 269 g/mol. The predicted octanol–water partition coefficient (Wildman–Crippen LogP) is 1.83. The van der Waals surface area contributed by atoms with Crippen molar-refractivity contribution in [2.45, 2.75) is 32.2 Å². The zero-order valence-electron chi connectivity index (χ0n) is 10.7. The van der Waals surface area contributed by atoms with Crippen LogP contribution in [0.15, 0.2) is 24.3 Å². The second-order valence-electron chi connectivity index (χ2n) is 4.74. The summed E-state index contributed by atoms with van der Waals surface area (Å²) in [6.07, 6.45) is 2.46. The molecule has 1 aliphatic rings. The topological polar surface area (TPSA) is 41.1 Å². The van der Waals surface area contributed by atoms with Crippen LogP contribution in [0.5, 0.6) is 0 Å². The van der Waals surface area contributed by atoms with Gasteiger partial charge in [0.1, 0.15) is 0 Å². The van der Waals surface area contributed by atoms with Crippen molar-refractivity contribution in [1.29, 1.82) is 0 Å². The Kier molecular flexibility index (Phi) is 6.16. The smallest absolute Gasteiger partial charge is 0.220 e. The number of rotatable bonds is 4. The molecule has 1 saturated heterocycles. The summed E-state index contributed by atoms with van der Waals surface area (Å²) in [5, 5.41) is 6.30. The van der Waals surface area contributed by atoms with Gasteiger partial charge >= 0.3 is 0 Å². The van der Waals surface area contributed by atoms with Crippen LogP contribution in [-0.2, 0) is 11.2 Å². The fraction of sp³-hybridized carbons (Fsp3) is 0.500. The summed E-state index contributed by atoms with van der Waals surface area (Å²) in [4.78, 5) is 11.7. The Morgan fingerprint density at radius 2 is 2.11 bits per heavy atom. The molecule has 1 fully saturated rings. The van der Waals surface area contributed by atoms with Gasteiger partial charge in [-0.3, -0.25) is 4.79 Å². The molecular weight excluding hydrogens is 248 g/mol. The fourth-order valence-corrected chi connectivity index (χ4v) is 2.09. The van der Waals surface area contributed by atoms with Gasteiger partial charge in [0.2, 0.25) is 5.91 Å². The first-order valence-electron chi connectivity index (χ1n) is 6.29. The molecule has 1 aromatic rings. The van der Waals surface area contributed by atoms with Gasteiger partial charge in [-0.15, -0.1) is 12.4 Å². The number of carbonyl (C=O) groups is 1. The van der Waals surface area contributed by atoms with Crippen molar-refractivity contribution in [2.75, 3.05) is 13.1 Å². The number of hydrogen-bond donors (Lipinski definition) is 2. The lowest BCUT2D eigenvalue weighted by atomic mass is 10.1. The maximum atomic E-state index is 11.7. The van der Waals surface area contributed by atoms with Gasteiger partial charge in [-0.2, -0.15) is 0 Å². The lowest BCUT2D eigenvalue weighted by Crippen LogP contribution is -2.36. The molecule has 2 rings (SSSR count). The standard InChI is InChI=1S/C14H20N2O.ClH/c1-11-2-4-12(5-3-11)6-7-14(17)16-13-8-9-15-10-13;/h2-5,13,15H,6-10H2,1H3,(H,16,17);1H. The van der Waals surface area contributed by atoms with E-state index in [0.29, 0.717) is 12.5 Å². The summed E-state index contributed by atoms with van der Waals surface area (Å²) in [5.41, 5.74) is 2.49. The van der Waals surface area contributed by atoms with Crippen molar-refractivity contribution < 1.29 is 4.79 Å². The highest BCUT2D eigenvalue weighted by Crippen LogP contribution is 2.06. The van der Waals surface area contributed by atoms with Crippen LogP contribution < -0.4 is 10.6 Å². The highest BCUT2D eigenvalue weighted by Gasteiger charge is 2.16. The molecule has 2 N–H and O–H groups in total. The molecule has 1 heterocycles. The predicted molar refractivity (Wildman–Crippen MR) is 76.2 cm³/mol. The summed E-state index contributed by atoms with van der Waals surface area (Å²) in [6, 6.07) is 8.71.